The Morgan fingerprint density at radius 2 is 1.94 bits per heavy atom. The van der Waals surface area contributed by atoms with Crippen molar-refractivity contribution in [1.29, 1.82) is 0 Å². The molecule has 0 heterocycles. The maximum atomic E-state index is 11.2. The summed E-state index contributed by atoms with van der Waals surface area (Å²) in [6.45, 7) is 4.70. The van der Waals surface area contributed by atoms with Gasteiger partial charge in [0.15, 0.2) is 0 Å². The van der Waals surface area contributed by atoms with Crippen LogP contribution in [0.1, 0.15) is 20.8 Å². The van der Waals surface area contributed by atoms with Crippen LogP contribution in [-0.2, 0) is 14.3 Å². The summed E-state index contributed by atoms with van der Waals surface area (Å²) < 4.78 is 4.78. The van der Waals surface area contributed by atoms with Gasteiger partial charge in [-0.1, -0.05) is 0 Å². The van der Waals surface area contributed by atoms with Gasteiger partial charge in [-0.15, -0.1) is 11.8 Å². The van der Waals surface area contributed by atoms with E-state index in [2.05, 4.69) is 10.6 Å². The van der Waals surface area contributed by atoms with Crippen molar-refractivity contribution in [1.82, 2.24) is 10.6 Å². The molecule has 0 saturated carbocycles. The zero-order chi connectivity index (χ0) is 14.1. The number of alkyl carbamates (subject to hydrolysis) is 1. The molecule has 0 aromatic carbocycles. The normalized spacial score (nSPS) is 11.8. The Morgan fingerprint density at radius 1 is 1.33 bits per heavy atom. The lowest BCUT2D eigenvalue weighted by molar-refractivity contribution is -0.138. The van der Waals surface area contributed by atoms with Gasteiger partial charge in [-0.3, -0.25) is 4.79 Å². The first kappa shape index (κ1) is 16.6. The standard InChI is InChI=1S/C10H18N2O5S/c1-6(2)17-10(16)12-8(9(14)15)4-18-5-11-7(3)13/h6,8H,4-5H2,1-3H3,(H,11,13)(H,12,16)(H,14,15)/t8-/m0/s1. The number of hydrogen-bond donors (Lipinski definition) is 3. The molecule has 8 heteroatoms. The number of aliphatic carboxylic acids is 1. The van der Waals surface area contributed by atoms with E-state index in [9.17, 15) is 14.4 Å². The number of hydrogen-bond acceptors (Lipinski definition) is 5. The van der Waals surface area contributed by atoms with Crippen LogP contribution in [0.15, 0.2) is 0 Å². The van der Waals surface area contributed by atoms with Crippen LogP contribution in [0.3, 0.4) is 0 Å². The molecule has 7 nitrogen and oxygen atoms in total. The van der Waals surface area contributed by atoms with E-state index in [-0.39, 0.29) is 17.8 Å². The molecule has 0 aromatic heterocycles. The second-order valence-electron chi connectivity index (χ2n) is 3.74. The minimum atomic E-state index is -1.15. The Balaban J connectivity index is 4.03. The first-order chi connectivity index (χ1) is 8.32. The van der Waals surface area contributed by atoms with Crippen molar-refractivity contribution in [2.75, 3.05) is 11.6 Å². The summed E-state index contributed by atoms with van der Waals surface area (Å²) in [5.74, 6) is -0.907. The van der Waals surface area contributed by atoms with E-state index < -0.39 is 18.1 Å². The summed E-state index contributed by atoms with van der Waals surface area (Å²) in [4.78, 5) is 32.7. The van der Waals surface area contributed by atoms with Crippen LogP contribution in [0.5, 0.6) is 0 Å². The number of ether oxygens (including phenoxy) is 1. The number of carboxylic acids is 1. The van der Waals surface area contributed by atoms with Crippen LogP contribution in [0.2, 0.25) is 0 Å². The average molecular weight is 278 g/mol. The molecule has 18 heavy (non-hydrogen) atoms. The van der Waals surface area contributed by atoms with Gasteiger partial charge in [0, 0.05) is 12.7 Å². The third-order valence-corrected chi connectivity index (χ3v) is 2.56. The van der Waals surface area contributed by atoms with Crippen molar-refractivity contribution in [3.05, 3.63) is 0 Å². The van der Waals surface area contributed by atoms with Gasteiger partial charge in [-0.2, -0.15) is 0 Å². The van der Waals surface area contributed by atoms with E-state index in [1.807, 2.05) is 0 Å². The van der Waals surface area contributed by atoms with Crippen LogP contribution < -0.4 is 10.6 Å². The Hall–Kier alpha value is -1.44. The van der Waals surface area contributed by atoms with Gasteiger partial charge in [-0.05, 0) is 13.8 Å². The highest BCUT2D eigenvalue weighted by atomic mass is 32.2. The highest BCUT2D eigenvalue weighted by Crippen LogP contribution is 2.02. The zero-order valence-electron chi connectivity index (χ0n) is 10.6. The van der Waals surface area contributed by atoms with Crippen molar-refractivity contribution in [3.63, 3.8) is 0 Å². The molecule has 104 valence electrons. The van der Waals surface area contributed by atoms with E-state index in [4.69, 9.17) is 9.84 Å². The van der Waals surface area contributed by atoms with Gasteiger partial charge in [-0.25, -0.2) is 9.59 Å². The van der Waals surface area contributed by atoms with E-state index in [1.165, 1.54) is 18.7 Å². The maximum absolute atomic E-state index is 11.2. The quantitative estimate of drug-likeness (QED) is 0.460. The minimum absolute atomic E-state index is 0.142. The third kappa shape index (κ3) is 8.68. The lowest BCUT2D eigenvalue weighted by Crippen LogP contribution is -2.43. The van der Waals surface area contributed by atoms with Crippen molar-refractivity contribution < 1.29 is 24.2 Å². The summed E-state index contributed by atoms with van der Waals surface area (Å²) in [6, 6.07) is -1.05. The Labute approximate surface area is 110 Å². The fourth-order valence-corrected chi connectivity index (χ4v) is 1.78. The van der Waals surface area contributed by atoms with Gasteiger partial charge in [0.25, 0.3) is 0 Å². The number of carboxylic acid groups (broad SMARTS) is 1. The molecule has 0 bridgehead atoms. The van der Waals surface area contributed by atoms with Crippen molar-refractivity contribution in [2.24, 2.45) is 0 Å². The second kappa shape index (κ2) is 8.62. The summed E-state index contributed by atoms with van der Waals surface area (Å²) in [5, 5.41) is 13.6. The van der Waals surface area contributed by atoms with Crippen LogP contribution in [-0.4, -0.2) is 46.9 Å². The first-order valence-corrected chi connectivity index (χ1v) is 6.50. The summed E-state index contributed by atoms with van der Waals surface area (Å²) in [5.41, 5.74) is 0. The van der Waals surface area contributed by atoms with E-state index >= 15 is 0 Å². The minimum Gasteiger partial charge on any atom is -0.480 e. The molecule has 1 atom stereocenters. The predicted molar refractivity (Wildman–Crippen MR) is 67.3 cm³/mol. The molecule has 0 spiro atoms. The molecule has 0 aliphatic rings. The molecule has 0 saturated heterocycles. The van der Waals surface area contributed by atoms with Gasteiger partial charge >= 0.3 is 12.1 Å². The maximum Gasteiger partial charge on any atom is 0.408 e. The largest absolute Gasteiger partial charge is 0.480 e. The molecule has 3 N–H and O–H groups in total. The van der Waals surface area contributed by atoms with Gasteiger partial charge in [0.2, 0.25) is 5.91 Å². The molecule has 0 aromatic rings. The van der Waals surface area contributed by atoms with Gasteiger partial charge < -0.3 is 20.5 Å². The molecule has 0 aliphatic carbocycles. The van der Waals surface area contributed by atoms with Crippen molar-refractivity contribution >= 4 is 29.7 Å². The highest BCUT2D eigenvalue weighted by Gasteiger charge is 2.20. The number of rotatable bonds is 7. The number of carbonyl (C=O) groups excluding carboxylic acids is 2. The second-order valence-corrected chi connectivity index (χ2v) is 4.77. The fraction of sp³-hybridized carbons (Fsp3) is 0.700. The Kier molecular flexibility index (Phi) is 7.93. The summed E-state index contributed by atoms with van der Waals surface area (Å²) in [6.07, 6.45) is -1.08. The lowest BCUT2D eigenvalue weighted by Gasteiger charge is -2.15. The molecular formula is C10H18N2O5S. The van der Waals surface area contributed by atoms with Crippen molar-refractivity contribution in [3.8, 4) is 0 Å². The number of thioether (sulfide) groups is 1. The molecular weight excluding hydrogens is 260 g/mol. The number of nitrogens with one attached hydrogen (secondary N) is 2. The first-order valence-electron chi connectivity index (χ1n) is 5.35. The van der Waals surface area contributed by atoms with Crippen LogP contribution >= 0.6 is 11.8 Å². The number of amides is 2. The highest BCUT2D eigenvalue weighted by molar-refractivity contribution is 7.99. The Bertz CT molecular complexity index is 309. The number of carbonyl (C=O) groups is 3. The molecule has 0 radical (unpaired) electrons. The van der Waals surface area contributed by atoms with Gasteiger partial charge in [0.05, 0.1) is 12.0 Å². The monoisotopic (exact) mass is 278 g/mol. The zero-order valence-corrected chi connectivity index (χ0v) is 11.4. The lowest BCUT2D eigenvalue weighted by atomic mass is 10.3. The topological polar surface area (TPSA) is 105 Å². The van der Waals surface area contributed by atoms with Crippen LogP contribution in [0.25, 0.3) is 0 Å². The molecule has 0 aliphatic heterocycles. The molecule has 2 amide bonds. The summed E-state index contributed by atoms with van der Waals surface area (Å²) >= 11 is 1.20. The molecule has 0 unspecified atom stereocenters. The van der Waals surface area contributed by atoms with Gasteiger partial charge in [0.1, 0.15) is 6.04 Å². The van der Waals surface area contributed by atoms with Crippen LogP contribution in [0, 0.1) is 0 Å². The molecule has 0 rings (SSSR count). The smallest absolute Gasteiger partial charge is 0.408 e. The average Bonchev–Trinajstić information content (AvgIpc) is 2.20. The van der Waals surface area contributed by atoms with E-state index in [0.29, 0.717) is 5.88 Å². The van der Waals surface area contributed by atoms with Crippen molar-refractivity contribution in [2.45, 2.75) is 32.9 Å². The predicted octanol–water partition coefficient (Wildman–Crippen LogP) is 0.401. The van der Waals surface area contributed by atoms with E-state index in [1.54, 1.807) is 13.8 Å². The SMILES string of the molecule is CC(=O)NCSC[C@H](NC(=O)OC(C)C)C(=O)O. The van der Waals surface area contributed by atoms with Crippen LogP contribution in [0.4, 0.5) is 4.79 Å². The Morgan fingerprint density at radius 3 is 2.39 bits per heavy atom. The molecule has 0 fully saturated rings. The summed E-state index contributed by atoms with van der Waals surface area (Å²) in [7, 11) is 0. The third-order valence-electron chi connectivity index (χ3n) is 1.64. The van der Waals surface area contributed by atoms with E-state index in [0.717, 1.165) is 0 Å². The fourth-order valence-electron chi connectivity index (χ4n) is 0.894.